The van der Waals surface area contributed by atoms with Crippen molar-refractivity contribution in [1.29, 1.82) is 0 Å². The fourth-order valence-corrected chi connectivity index (χ4v) is 1.19. The van der Waals surface area contributed by atoms with E-state index in [-0.39, 0.29) is 33.1 Å². The standard InChI is InChI=1S/C6H14N2.Pt/c7-5-3-1-2-4-6(5)8;/h5-6H,1-4,7-8H2;/t5-,6?;/m1./s1. The predicted molar refractivity (Wildman–Crippen MR) is 34.4 cm³/mol. The summed E-state index contributed by atoms with van der Waals surface area (Å²) in [6, 6.07) is 0.562. The van der Waals surface area contributed by atoms with Gasteiger partial charge in [-0.15, -0.1) is 0 Å². The van der Waals surface area contributed by atoms with Crippen molar-refractivity contribution < 1.29 is 21.1 Å². The minimum atomic E-state index is 0. The monoisotopic (exact) mass is 309 g/mol. The van der Waals surface area contributed by atoms with E-state index >= 15 is 0 Å². The van der Waals surface area contributed by atoms with Crippen molar-refractivity contribution in [3.8, 4) is 0 Å². The van der Waals surface area contributed by atoms with Gasteiger partial charge in [-0.05, 0) is 12.8 Å². The molecule has 2 atom stereocenters. The third-order valence-electron chi connectivity index (χ3n) is 1.87. The third kappa shape index (κ3) is 2.79. The van der Waals surface area contributed by atoms with E-state index in [1.807, 2.05) is 0 Å². The Bertz CT molecular complexity index is 67.5. The Labute approximate surface area is 70.6 Å². The fraction of sp³-hybridized carbons (Fsp3) is 1.00. The average Bonchev–Trinajstić information content (AvgIpc) is 1.77. The van der Waals surface area contributed by atoms with Crippen molar-refractivity contribution in [2.24, 2.45) is 11.5 Å². The first kappa shape index (κ1) is 9.61. The van der Waals surface area contributed by atoms with Gasteiger partial charge in [0.15, 0.2) is 0 Å². The second-order valence-electron chi connectivity index (χ2n) is 2.61. The molecular formula is C6H14N2Pt. The third-order valence-corrected chi connectivity index (χ3v) is 1.87. The number of hydrogen-bond donors (Lipinski definition) is 2. The van der Waals surface area contributed by atoms with Gasteiger partial charge in [-0.2, -0.15) is 0 Å². The molecule has 1 fully saturated rings. The number of rotatable bonds is 0. The van der Waals surface area contributed by atoms with Crippen molar-refractivity contribution in [1.82, 2.24) is 0 Å². The second-order valence-corrected chi connectivity index (χ2v) is 2.61. The summed E-state index contributed by atoms with van der Waals surface area (Å²) in [4.78, 5) is 0. The van der Waals surface area contributed by atoms with Gasteiger partial charge in [0.2, 0.25) is 0 Å². The van der Waals surface area contributed by atoms with Crippen LogP contribution >= 0.6 is 0 Å². The maximum absolute atomic E-state index is 5.65. The molecule has 1 unspecified atom stereocenters. The average molecular weight is 309 g/mol. The zero-order valence-corrected chi connectivity index (χ0v) is 7.73. The molecule has 0 aromatic carbocycles. The second kappa shape index (κ2) is 4.43. The smallest absolute Gasteiger partial charge is 0.0192 e. The molecule has 0 saturated heterocycles. The Morgan fingerprint density at radius 2 is 1.22 bits per heavy atom. The van der Waals surface area contributed by atoms with E-state index in [0.717, 1.165) is 12.8 Å². The summed E-state index contributed by atoms with van der Waals surface area (Å²) in [5.74, 6) is 0. The van der Waals surface area contributed by atoms with Crippen LogP contribution in [0.15, 0.2) is 0 Å². The van der Waals surface area contributed by atoms with Crippen LogP contribution < -0.4 is 11.5 Å². The molecule has 3 heteroatoms. The first-order chi connectivity index (χ1) is 3.80. The summed E-state index contributed by atoms with van der Waals surface area (Å²) in [7, 11) is 0. The van der Waals surface area contributed by atoms with Crippen LogP contribution in [0.1, 0.15) is 25.7 Å². The maximum atomic E-state index is 5.65. The van der Waals surface area contributed by atoms with Crippen LogP contribution in [0.3, 0.4) is 0 Å². The minimum absolute atomic E-state index is 0. The maximum Gasteiger partial charge on any atom is 0.0192 e. The predicted octanol–water partition coefficient (Wildman–Crippen LogP) is 0.213. The van der Waals surface area contributed by atoms with E-state index in [9.17, 15) is 0 Å². The van der Waals surface area contributed by atoms with Crippen molar-refractivity contribution in [3.05, 3.63) is 0 Å². The molecule has 1 aliphatic carbocycles. The summed E-state index contributed by atoms with van der Waals surface area (Å²) in [5.41, 5.74) is 11.3. The molecule has 4 N–H and O–H groups in total. The molecule has 0 bridgehead atoms. The Morgan fingerprint density at radius 1 is 0.889 bits per heavy atom. The Morgan fingerprint density at radius 3 is 1.44 bits per heavy atom. The fourth-order valence-electron chi connectivity index (χ4n) is 1.19. The normalized spacial score (nSPS) is 35.3. The summed E-state index contributed by atoms with van der Waals surface area (Å²) < 4.78 is 0. The molecular weight excluding hydrogens is 295 g/mol. The van der Waals surface area contributed by atoms with Crippen LogP contribution in [-0.4, -0.2) is 12.1 Å². The minimum Gasteiger partial charge on any atom is -0.326 e. The van der Waals surface area contributed by atoms with Gasteiger partial charge in [-0.3, -0.25) is 0 Å². The van der Waals surface area contributed by atoms with Crippen LogP contribution in [0.25, 0.3) is 0 Å². The summed E-state index contributed by atoms with van der Waals surface area (Å²) >= 11 is 0. The molecule has 0 amide bonds. The van der Waals surface area contributed by atoms with E-state index in [2.05, 4.69) is 0 Å². The van der Waals surface area contributed by atoms with Crippen molar-refractivity contribution in [3.63, 3.8) is 0 Å². The van der Waals surface area contributed by atoms with E-state index < -0.39 is 0 Å². The molecule has 1 saturated carbocycles. The van der Waals surface area contributed by atoms with E-state index in [4.69, 9.17) is 11.5 Å². The van der Waals surface area contributed by atoms with Crippen molar-refractivity contribution >= 4 is 0 Å². The molecule has 0 heterocycles. The van der Waals surface area contributed by atoms with Crippen molar-refractivity contribution in [2.45, 2.75) is 37.8 Å². The van der Waals surface area contributed by atoms with Gasteiger partial charge in [0, 0.05) is 33.1 Å². The summed E-state index contributed by atoms with van der Waals surface area (Å²) in [5, 5.41) is 0. The van der Waals surface area contributed by atoms with Gasteiger partial charge in [-0.1, -0.05) is 12.8 Å². The van der Waals surface area contributed by atoms with Gasteiger partial charge in [0.25, 0.3) is 0 Å². The van der Waals surface area contributed by atoms with Gasteiger partial charge in [-0.25, -0.2) is 0 Å². The molecule has 58 valence electrons. The zero-order chi connectivity index (χ0) is 5.98. The van der Waals surface area contributed by atoms with E-state index in [1.165, 1.54) is 12.8 Å². The SMILES string of the molecule is NC1CCCC[C@H]1N.[Pt]. The van der Waals surface area contributed by atoms with Gasteiger partial charge in [0.1, 0.15) is 0 Å². The largest absolute Gasteiger partial charge is 0.326 e. The Hall–Kier alpha value is 0.608. The number of hydrogen-bond acceptors (Lipinski definition) is 2. The first-order valence-electron chi connectivity index (χ1n) is 3.32. The zero-order valence-electron chi connectivity index (χ0n) is 5.45. The molecule has 1 aliphatic rings. The molecule has 0 radical (unpaired) electrons. The van der Waals surface area contributed by atoms with Crippen LogP contribution in [0.5, 0.6) is 0 Å². The summed E-state index contributed by atoms with van der Waals surface area (Å²) in [6.45, 7) is 0. The quantitative estimate of drug-likeness (QED) is 0.672. The van der Waals surface area contributed by atoms with Crippen molar-refractivity contribution in [2.75, 3.05) is 0 Å². The van der Waals surface area contributed by atoms with E-state index in [1.54, 1.807) is 0 Å². The molecule has 0 aliphatic heterocycles. The first-order valence-corrected chi connectivity index (χ1v) is 3.32. The van der Waals surface area contributed by atoms with E-state index in [0.29, 0.717) is 0 Å². The van der Waals surface area contributed by atoms with Crippen LogP contribution in [0, 0.1) is 0 Å². The van der Waals surface area contributed by atoms with Gasteiger partial charge >= 0.3 is 0 Å². The molecule has 2 nitrogen and oxygen atoms in total. The molecule has 9 heavy (non-hydrogen) atoms. The van der Waals surface area contributed by atoms with Crippen LogP contribution in [0.2, 0.25) is 0 Å². The summed E-state index contributed by atoms with van der Waals surface area (Å²) in [6.07, 6.45) is 4.80. The Kier molecular flexibility index (Phi) is 4.73. The molecule has 0 aromatic rings. The number of nitrogens with two attached hydrogens (primary N) is 2. The van der Waals surface area contributed by atoms with Crippen LogP contribution in [-0.2, 0) is 21.1 Å². The Balaban J connectivity index is 0.000000640. The van der Waals surface area contributed by atoms with Gasteiger partial charge in [0.05, 0.1) is 0 Å². The molecule has 0 spiro atoms. The molecule has 1 rings (SSSR count). The topological polar surface area (TPSA) is 52.0 Å². The van der Waals surface area contributed by atoms with Crippen LogP contribution in [0.4, 0.5) is 0 Å². The van der Waals surface area contributed by atoms with Gasteiger partial charge < -0.3 is 11.5 Å². The molecule has 0 aromatic heterocycles.